The highest BCUT2D eigenvalue weighted by Crippen LogP contribution is 2.17. The Hall–Kier alpha value is -4.32. The number of halogens is 1. The molecule has 0 bridgehead atoms. The quantitative estimate of drug-likeness (QED) is 0.359. The smallest absolute Gasteiger partial charge is 0.271 e. The zero-order valence-corrected chi connectivity index (χ0v) is 16.4. The van der Waals surface area contributed by atoms with Crippen molar-refractivity contribution in [2.24, 2.45) is 5.10 Å². The number of amides is 2. The van der Waals surface area contributed by atoms with E-state index in [4.69, 9.17) is 0 Å². The van der Waals surface area contributed by atoms with Gasteiger partial charge in [-0.3, -0.25) is 9.59 Å². The lowest BCUT2D eigenvalue weighted by Gasteiger charge is -2.06. The maximum atomic E-state index is 13.0. The lowest BCUT2D eigenvalue weighted by Crippen LogP contribution is -2.18. The van der Waals surface area contributed by atoms with Crippen LogP contribution in [0.1, 0.15) is 26.3 Å². The molecule has 4 aromatic rings. The van der Waals surface area contributed by atoms with Crippen molar-refractivity contribution in [2.75, 3.05) is 5.32 Å². The third-order valence-corrected chi connectivity index (χ3v) is 4.70. The van der Waals surface area contributed by atoms with E-state index < -0.39 is 5.82 Å². The Balaban J connectivity index is 1.38. The zero-order chi connectivity index (χ0) is 21.6. The van der Waals surface area contributed by atoms with E-state index in [0.717, 1.165) is 16.3 Å². The number of hydrogen-bond donors (Lipinski definition) is 2. The molecule has 0 aliphatic heterocycles. The normalized spacial score (nSPS) is 10.9. The van der Waals surface area contributed by atoms with Gasteiger partial charge in [-0.25, -0.2) is 9.82 Å². The van der Waals surface area contributed by atoms with Gasteiger partial charge < -0.3 is 5.32 Å². The summed E-state index contributed by atoms with van der Waals surface area (Å²) >= 11 is 0. The van der Waals surface area contributed by atoms with Gasteiger partial charge in [-0.15, -0.1) is 0 Å². The first-order valence-electron chi connectivity index (χ1n) is 9.58. The van der Waals surface area contributed by atoms with Gasteiger partial charge in [0.2, 0.25) is 0 Å². The van der Waals surface area contributed by atoms with Gasteiger partial charge >= 0.3 is 0 Å². The molecule has 0 spiro atoms. The number of hydrazone groups is 1. The Morgan fingerprint density at radius 1 is 0.742 bits per heavy atom. The SMILES string of the molecule is O=C(NN=Cc1cccc2ccccc12)c1ccc(NC(=O)c2ccc(F)cc2)cc1. The first kappa shape index (κ1) is 20.0. The summed E-state index contributed by atoms with van der Waals surface area (Å²) in [5.41, 5.74) is 4.67. The number of fused-ring (bicyclic) bond motifs is 1. The lowest BCUT2D eigenvalue weighted by atomic mass is 10.1. The Labute approximate surface area is 178 Å². The fourth-order valence-electron chi connectivity index (χ4n) is 3.10. The molecule has 0 fully saturated rings. The Kier molecular flexibility index (Phi) is 5.80. The molecule has 6 heteroatoms. The van der Waals surface area contributed by atoms with E-state index in [1.165, 1.54) is 24.3 Å². The zero-order valence-electron chi connectivity index (χ0n) is 16.4. The minimum Gasteiger partial charge on any atom is -0.322 e. The average Bonchev–Trinajstić information content (AvgIpc) is 2.80. The molecule has 31 heavy (non-hydrogen) atoms. The van der Waals surface area contributed by atoms with E-state index in [0.29, 0.717) is 16.8 Å². The molecular weight excluding hydrogens is 393 g/mol. The maximum Gasteiger partial charge on any atom is 0.271 e. The van der Waals surface area contributed by atoms with Gasteiger partial charge in [-0.2, -0.15) is 5.10 Å². The van der Waals surface area contributed by atoms with Crippen molar-refractivity contribution in [3.63, 3.8) is 0 Å². The molecule has 152 valence electrons. The number of nitrogens with one attached hydrogen (secondary N) is 2. The van der Waals surface area contributed by atoms with Gasteiger partial charge in [-0.05, 0) is 59.3 Å². The largest absolute Gasteiger partial charge is 0.322 e. The van der Waals surface area contributed by atoms with Crippen molar-refractivity contribution in [2.45, 2.75) is 0 Å². The molecule has 4 aromatic carbocycles. The van der Waals surface area contributed by atoms with Crippen molar-refractivity contribution < 1.29 is 14.0 Å². The fraction of sp³-hybridized carbons (Fsp3) is 0. The monoisotopic (exact) mass is 411 g/mol. The molecule has 0 aliphatic carbocycles. The van der Waals surface area contributed by atoms with E-state index >= 15 is 0 Å². The van der Waals surface area contributed by atoms with Gasteiger partial charge in [0, 0.05) is 22.4 Å². The molecule has 2 N–H and O–H groups in total. The van der Waals surface area contributed by atoms with Crippen LogP contribution in [0.3, 0.4) is 0 Å². The molecular formula is C25H18FN3O2. The minimum absolute atomic E-state index is 0.339. The highest BCUT2D eigenvalue weighted by molar-refractivity contribution is 6.04. The van der Waals surface area contributed by atoms with Crippen molar-refractivity contribution in [3.8, 4) is 0 Å². The van der Waals surface area contributed by atoms with E-state index in [1.807, 2.05) is 42.5 Å². The summed E-state index contributed by atoms with van der Waals surface area (Å²) in [4.78, 5) is 24.5. The molecule has 0 radical (unpaired) electrons. The van der Waals surface area contributed by atoms with E-state index in [-0.39, 0.29) is 11.8 Å². The van der Waals surface area contributed by atoms with Gasteiger partial charge in [0.1, 0.15) is 5.82 Å². The fourth-order valence-corrected chi connectivity index (χ4v) is 3.10. The van der Waals surface area contributed by atoms with Gasteiger partial charge in [0.15, 0.2) is 0 Å². The summed E-state index contributed by atoms with van der Waals surface area (Å²) in [5.74, 6) is -1.14. The predicted molar refractivity (Wildman–Crippen MR) is 120 cm³/mol. The number of anilines is 1. The van der Waals surface area contributed by atoms with Gasteiger partial charge in [-0.1, -0.05) is 42.5 Å². The number of hydrogen-bond acceptors (Lipinski definition) is 3. The maximum absolute atomic E-state index is 13.0. The number of carbonyl (C=O) groups is 2. The summed E-state index contributed by atoms with van der Waals surface area (Å²) in [6.45, 7) is 0. The van der Waals surface area contributed by atoms with Crippen molar-refractivity contribution in [3.05, 3.63) is 114 Å². The van der Waals surface area contributed by atoms with Crippen LogP contribution < -0.4 is 10.7 Å². The predicted octanol–water partition coefficient (Wildman–Crippen LogP) is 5.00. The van der Waals surface area contributed by atoms with Crippen LogP contribution in [0.25, 0.3) is 10.8 Å². The molecule has 0 saturated heterocycles. The minimum atomic E-state index is -0.407. The Bertz CT molecular complexity index is 1260. The summed E-state index contributed by atoms with van der Waals surface area (Å²) in [5, 5.41) is 8.90. The molecule has 0 heterocycles. The van der Waals surface area contributed by atoms with Gasteiger partial charge in [0.25, 0.3) is 11.8 Å². The second kappa shape index (κ2) is 9.00. The number of rotatable bonds is 5. The van der Waals surface area contributed by atoms with E-state index in [9.17, 15) is 14.0 Å². The highest BCUT2D eigenvalue weighted by atomic mass is 19.1. The van der Waals surface area contributed by atoms with Crippen LogP contribution in [0, 0.1) is 5.82 Å². The number of nitrogens with zero attached hydrogens (tertiary/aromatic N) is 1. The summed E-state index contributed by atoms with van der Waals surface area (Å²) in [7, 11) is 0. The van der Waals surface area contributed by atoms with Crippen LogP contribution in [-0.2, 0) is 0 Å². The summed E-state index contributed by atoms with van der Waals surface area (Å²) < 4.78 is 13.0. The van der Waals surface area contributed by atoms with Crippen LogP contribution >= 0.6 is 0 Å². The first-order chi connectivity index (χ1) is 15.1. The lowest BCUT2D eigenvalue weighted by molar-refractivity contribution is 0.0954. The molecule has 2 amide bonds. The second-order valence-electron chi connectivity index (χ2n) is 6.81. The third kappa shape index (κ3) is 4.82. The molecule has 0 unspecified atom stereocenters. The third-order valence-electron chi connectivity index (χ3n) is 4.70. The van der Waals surface area contributed by atoms with Gasteiger partial charge in [0.05, 0.1) is 6.21 Å². The second-order valence-corrected chi connectivity index (χ2v) is 6.81. The topological polar surface area (TPSA) is 70.6 Å². The highest BCUT2D eigenvalue weighted by Gasteiger charge is 2.08. The van der Waals surface area contributed by atoms with Crippen LogP contribution in [0.2, 0.25) is 0 Å². The first-order valence-corrected chi connectivity index (χ1v) is 9.58. The van der Waals surface area contributed by atoms with E-state index in [1.54, 1.807) is 30.5 Å². The molecule has 0 atom stereocenters. The van der Waals surface area contributed by atoms with Crippen molar-refractivity contribution >= 4 is 34.5 Å². The number of carbonyl (C=O) groups excluding carboxylic acids is 2. The van der Waals surface area contributed by atoms with Crippen LogP contribution in [0.4, 0.5) is 10.1 Å². The van der Waals surface area contributed by atoms with Crippen molar-refractivity contribution in [1.82, 2.24) is 5.43 Å². The van der Waals surface area contributed by atoms with Crippen molar-refractivity contribution in [1.29, 1.82) is 0 Å². The molecule has 4 rings (SSSR count). The summed E-state index contributed by atoms with van der Waals surface area (Å²) in [6, 6.07) is 25.5. The van der Waals surface area contributed by atoms with Crippen LogP contribution in [-0.4, -0.2) is 18.0 Å². The standard InChI is InChI=1S/C25H18FN3O2/c26-21-12-8-18(9-13-21)24(30)28-22-14-10-19(11-15-22)25(31)29-27-16-20-6-3-5-17-4-1-2-7-23(17)20/h1-16H,(H,28,30)(H,29,31). The molecule has 0 aliphatic rings. The van der Waals surface area contributed by atoms with E-state index in [2.05, 4.69) is 15.8 Å². The Morgan fingerprint density at radius 3 is 2.16 bits per heavy atom. The van der Waals surface area contributed by atoms with Crippen LogP contribution in [0.5, 0.6) is 0 Å². The average molecular weight is 411 g/mol. The number of benzene rings is 4. The Morgan fingerprint density at radius 2 is 1.39 bits per heavy atom. The molecule has 5 nitrogen and oxygen atoms in total. The van der Waals surface area contributed by atoms with Crippen LogP contribution in [0.15, 0.2) is 96.1 Å². The summed E-state index contributed by atoms with van der Waals surface area (Å²) in [6.07, 6.45) is 1.61. The molecule has 0 saturated carbocycles. The molecule has 0 aromatic heterocycles.